The molecule has 0 spiro atoms. The van der Waals surface area contributed by atoms with Gasteiger partial charge in [-0.1, -0.05) is 0 Å². The maximum absolute atomic E-state index is 13.9. The van der Waals surface area contributed by atoms with Crippen molar-refractivity contribution in [3.05, 3.63) is 46.7 Å². The molecule has 12 heteroatoms. The molecule has 7 nitrogen and oxygen atoms in total. The minimum Gasteiger partial charge on any atom is -0.351 e. The molecule has 0 radical (unpaired) electrons. The molecular formula is C18H19F5N6O. The molecule has 3 heterocycles. The van der Waals surface area contributed by atoms with Crippen molar-refractivity contribution in [3.8, 4) is 0 Å². The summed E-state index contributed by atoms with van der Waals surface area (Å²) in [5.41, 5.74) is -0.200. The molecule has 0 aliphatic carbocycles. The quantitative estimate of drug-likeness (QED) is 0.481. The van der Waals surface area contributed by atoms with E-state index in [0.717, 1.165) is 17.5 Å². The lowest BCUT2D eigenvalue weighted by atomic mass is 10.2. The van der Waals surface area contributed by atoms with Crippen LogP contribution in [0, 0.1) is 20.8 Å². The zero-order valence-corrected chi connectivity index (χ0v) is 16.4. The number of aromatic nitrogens is 5. The van der Waals surface area contributed by atoms with E-state index in [-0.39, 0.29) is 23.6 Å². The summed E-state index contributed by atoms with van der Waals surface area (Å²) in [7, 11) is 0. The summed E-state index contributed by atoms with van der Waals surface area (Å²) in [5.74, 6) is -5.86. The fraction of sp³-hybridized carbons (Fsp3) is 0.444. The fourth-order valence-corrected chi connectivity index (χ4v) is 3.00. The summed E-state index contributed by atoms with van der Waals surface area (Å²) in [5, 5.41) is 10.5. The van der Waals surface area contributed by atoms with E-state index in [0.29, 0.717) is 23.5 Å². The van der Waals surface area contributed by atoms with Crippen molar-refractivity contribution in [2.45, 2.75) is 45.8 Å². The Morgan fingerprint density at radius 2 is 1.73 bits per heavy atom. The highest BCUT2D eigenvalue weighted by molar-refractivity contribution is 5.93. The van der Waals surface area contributed by atoms with Gasteiger partial charge < -0.3 is 5.32 Å². The third kappa shape index (κ3) is 4.12. The number of nitrogens with zero attached hydrogens (tertiary/aromatic N) is 5. The van der Waals surface area contributed by atoms with E-state index in [1.165, 1.54) is 6.92 Å². The van der Waals surface area contributed by atoms with Crippen molar-refractivity contribution >= 4 is 11.6 Å². The Morgan fingerprint density at radius 1 is 1.03 bits per heavy atom. The molecule has 0 aliphatic heterocycles. The van der Waals surface area contributed by atoms with Gasteiger partial charge in [-0.25, -0.2) is 9.50 Å². The largest absolute Gasteiger partial charge is 0.459 e. The van der Waals surface area contributed by atoms with Crippen LogP contribution in [-0.2, 0) is 12.5 Å². The van der Waals surface area contributed by atoms with Gasteiger partial charge in [0, 0.05) is 30.5 Å². The van der Waals surface area contributed by atoms with Crippen LogP contribution in [0.15, 0.2) is 18.2 Å². The number of carbonyl (C=O) groups is 1. The Balaban J connectivity index is 1.76. The monoisotopic (exact) mass is 430 g/mol. The van der Waals surface area contributed by atoms with Gasteiger partial charge in [0.15, 0.2) is 11.3 Å². The van der Waals surface area contributed by atoms with Crippen LogP contribution in [0.1, 0.15) is 39.7 Å². The van der Waals surface area contributed by atoms with Crippen LogP contribution < -0.4 is 5.32 Å². The highest BCUT2D eigenvalue weighted by Gasteiger charge is 2.60. The molecule has 0 saturated heterocycles. The molecule has 162 valence electrons. The van der Waals surface area contributed by atoms with Crippen molar-refractivity contribution in [1.29, 1.82) is 0 Å². The zero-order valence-electron chi connectivity index (χ0n) is 16.4. The molecule has 0 aliphatic rings. The predicted molar refractivity (Wildman–Crippen MR) is 96.3 cm³/mol. The van der Waals surface area contributed by atoms with Gasteiger partial charge in [0.05, 0.1) is 5.69 Å². The van der Waals surface area contributed by atoms with Gasteiger partial charge in [-0.15, -0.1) is 0 Å². The van der Waals surface area contributed by atoms with Crippen LogP contribution in [0.5, 0.6) is 0 Å². The Bertz CT molecular complexity index is 1080. The van der Waals surface area contributed by atoms with Gasteiger partial charge in [-0.05, 0) is 39.3 Å². The molecule has 0 fully saturated rings. The SMILES string of the molecule is Cc1cc(C(F)(F)C(F)(F)F)n2nc(C(=O)NCCCn3nc(C)cc3C)cc2n1. The second-order valence-electron chi connectivity index (χ2n) is 6.91. The first-order valence-electron chi connectivity index (χ1n) is 9.02. The smallest absolute Gasteiger partial charge is 0.351 e. The number of nitrogens with one attached hydrogen (secondary N) is 1. The summed E-state index contributed by atoms with van der Waals surface area (Å²) in [6.45, 7) is 5.83. The number of hydrogen-bond donors (Lipinski definition) is 1. The van der Waals surface area contributed by atoms with E-state index in [9.17, 15) is 26.7 Å². The number of rotatable bonds is 6. The average Bonchev–Trinajstić information content (AvgIpc) is 3.19. The summed E-state index contributed by atoms with van der Waals surface area (Å²) in [4.78, 5) is 16.2. The maximum Gasteiger partial charge on any atom is 0.459 e. The van der Waals surface area contributed by atoms with Gasteiger partial charge in [0.1, 0.15) is 5.69 Å². The number of halogens is 5. The topological polar surface area (TPSA) is 77.1 Å². The lowest BCUT2D eigenvalue weighted by Gasteiger charge is -2.20. The first-order chi connectivity index (χ1) is 13.9. The number of carbonyl (C=O) groups excluding carboxylic acids is 1. The van der Waals surface area contributed by atoms with Gasteiger partial charge in [-0.2, -0.15) is 32.1 Å². The molecule has 0 aromatic carbocycles. The molecule has 3 rings (SSSR count). The van der Waals surface area contributed by atoms with E-state index in [2.05, 4.69) is 20.5 Å². The molecule has 3 aromatic heterocycles. The molecule has 0 unspecified atom stereocenters. The van der Waals surface area contributed by atoms with Crippen LogP contribution in [-0.4, -0.2) is 43.0 Å². The molecule has 1 N–H and O–H groups in total. The standard InChI is InChI=1S/C18H19F5N6O/c1-10-8-14(17(19,20)18(21,22)23)29-15(25-10)9-13(27-29)16(30)24-5-4-6-28-12(3)7-11(2)26-28/h7-9H,4-6H2,1-3H3,(H,24,30). The number of amides is 1. The van der Waals surface area contributed by atoms with E-state index in [4.69, 9.17) is 0 Å². The summed E-state index contributed by atoms with van der Waals surface area (Å²) >= 11 is 0. The van der Waals surface area contributed by atoms with Crippen molar-refractivity contribution in [3.63, 3.8) is 0 Å². The highest BCUT2D eigenvalue weighted by Crippen LogP contribution is 2.43. The summed E-state index contributed by atoms with van der Waals surface area (Å²) in [6.07, 6.45) is -5.28. The Morgan fingerprint density at radius 3 is 2.33 bits per heavy atom. The molecule has 0 saturated carbocycles. The minimum atomic E-state index is -5.81. The first-order valence-corrected chi connectivity index (χ1v) is 9.02. The van der Waals surface area contributed by atoms with Crippen molar-refractivity contribution in [2.24, 2.45) is 0 Å². The zero-order chi connectivity index (χ0) is 22.3. The Kier molecular flexibility index (Phi) is 5.52. The molecule has 0 bridgehead atoms. The molecule has 3 aromatic rings. The number of alkyl halides is 5. The predicted octanol–water partition coefficient (Wildman–Crippen LogP) is 3.33. The fourth-order valence-electron chi connectivity index (χ4n) is 3.00. The number of fused-ring (bicyclic) bond motifs is 1. The summed E-state index contributed by atoms with van der Waals surface area (Å²) in [6, 6.07) is 3.58. The van der Waals surface area contributed by atoms with Crippen LogP contribution in [0.3, 0.4) is 0 Å². The molecular weight excluding hydrogens is 411 g/mol. The second kappa shape index (κ2) is 7.65. The van der Waals surface area contributed by atoms with Gasteiger partial charge in [0.2, 0.25) is 0 Å². The van der Waals surface area contributed by atoms with Gasteiger partial charge >= 0.3 is 12.1 Å². The maximum atomic E-state index is 13.9. The van der Waals surface area contributed by atoms with Crippen molar-refractivity contribution < 1.29 is 26.7 Å². The lowest BCUT2D eigenvalue weighted by molar-refractivity contribution is -0.291. The van der Waals surface area contributed by atoms with Crippen LogP contribution >= 0.6 is 0 Å². The molecule has 0 atom stereocenters. The van der Waals surface area contributed by atoms with E-state index in [1.54, 1.807) is 4.68 Å². The van der Waals surface area contributed by atoms with E-state index >= 15 is 0 Å². The van der Waals surface area contributed by atoms with Gasteiger partial charge in [-0.3, -0.25) is 9.48 Å². The average molecular weight is 430 g/mol. The minimum absolute atomic E-state index is 0.0573. The van der Waals surface area contributed by atoms with Crippen LogP contribution in [0.2, 0.25) is 0 Å². The second-order valence-corrected chi connectivity index (χ2v) is 6.91. The Labute approximate surface area is 167 Å². The lowest BCUT2D eigenvalue weighted by Crippen LogP contribution is -2.36. The van der Waals surface area contributed by atoms with Crippen molar-refractivity contribution in [1.82, 2.24) is 29.7 Å². The van der Waals surface area contributed by atoms with Crippen LogP contribution in [0.4, 0.5) is 22.0 Å². The third-order valence-corrected chi connectivity index (χ3v) is 4.40. The molecule has 30 heavy (non-hydrogen) atoms. The Hall–Kier alpha value is -3.05. The summed E-state index contributed by atoms with van der Waals surface area (Å²) < 4.78 is 68.4. The van der Waals surface area contributed by atoms with Crippen LogP contribution in [0.25, 0.3) is 5.65 Å². The highest BCUT2D eigenvalue weighted by atomic mass is 19.4. The normalized spacial score (nSPS) is 12.5. The number of aryl methyl sites for hydroxylation is 4. The third-order valence-electron chi connectivity index (χ3n) is 4.40. The molecule has 1 amide bonds. The van der Waals surface area contributed by atoms with Crippen molar-refractivity contribution in [2.75, 3.05) is 6.54 Å². The van der Waals surface area contributed by atoms with Gasteiger partial charge in [0.25, 0.3) is 5.91 Å². The van der Waals surface area contributed by atoms with E-state index < -0.39 is 23.7 Å². The number of hydrogen-bond acceptors (Lipinski definition) is 4. The van der Waals surface area contributed by atoms with E-state index in [1.807, 2.05) is 19.9 Å². The first kappa shape index (κ1) is 21.7.